The maximum Gasteiger partial charge on any atom is 0.187 e. The molecule has 9 nitrogen and oxygen atoms in total. The highest BCUT2D eigenvalue weighted by Crippen LogP contribution is 2.41. The van der Waals surface area contributed by atoms with Crippen LogP contribution in [-0.4, -0.2) is 81.0 Å². The molecule has 0 spiro atoms. The van der Waals surface area contributed by atoms with E-state index in [0.717, 1.165) is 16.7 Å². The van der Waals surface area contributed by atoms with Crippen molar-refractivity contribution in [1.29, 1.82) is 0 Å². The van der Waals surface area contributed by atoms with Gasteiger partial charge in [-0.15, -0.1) is 0 Å². The molecule has 0 aliphatic carbocycles. The summed E-state index contributed by atoms with van der Waals surface area (Å²) in [5.41, 5.74) is 2.85. The van der Waals surface area contributed by atoms with Gasteiger partial charge in [0.1, 0.15) is 49.4 Å². The van der Waals surface area contributed by atoms with E-state index in [1.165, 1.54) is 0 Å². The average Bonchev–Trinajstić information content (AvgIpc) is 3.43. The van der Waals surface area contributed by atoms with Gasteiger partial charge in [-0.3, -0.25) is 0 Å². The van der Waals surface area contributed by atoms with Crippen molar-refractivity contribution in [3.8, 4) is 0 Å². The summed E-state index contributed by atoms with van der Waals surface area (Å²) in [7, 11) is 1.57. The Hall–Kier alpha value is -2.77. The SMILES string of the molecule is CO[C@@H]1O[C@@H](C)[C@H](O[C@H]2O[C@H](CF)[C@@H](OCc3ccccc3)[C@H](OCc3ccccc3)[C@@H]2OCc2ccccc2)[C@H]2OC(C)(C)O[C@@H]12. The molecule has 3 aliphatic rings. The molecule has 6 rings (SSSR count). The number of rotatable bonds is 13. The summed E-state index contributed by atoms with van der Waals surface area (Å²) in [5, 5.41) is 0. The van der Waals surface area contributed by atoms with Crippen LogP contribution in [-0.2, 0) is 62.5 Å². The van der Waals surface area contributed by atoms with Gasteiger partial charge in [-0.1, -0.05) is 91.0 Å². The second-order valence-electron chi connectivity index (χ2n) is 12.6. The minimum atomic E-state index is -1.06. The molecule has 3 aliphatic heterocycles. The summed E-state index contributed by atoms with van der Waals surface area (Å²) in [6.45, 7) is 5.47. The Balaban J connectivity index is 1.31. The number of hydrogen-bond donors (Lipinski definition) is 0. The Morgan fingerprint density at radius 2 is 1.11 bits per heavy atom. The third-order valence-electron chi connectivity index (χ3n) is 8.69. The molecule has 0 saturated carbocycles. The van der Waals surface area contributed by atoms with Crippen molar-refractivity contribution < 1.29 is 47.0 Å². The van der Waals surface area contributed by atoms with Gasteiger partial charge in [0, 0.05) is 7.11 Å². The Morgan fingerprint density at radius 3 is 1.62 bits per heavy atom. The molecule has 0 bridgehead atoms. The molecule has 10 heteroatoms. The summed E-state index contributed by atoms with van der Waals surface area (Å²) in [5.74, 6) is -0.892. The fourth-order valence-corrected chi connectivity index (χ4v) is 6.43. The Kier molecular flexibility index (Phi) is 11.3. The summed E-state index contributed by atoms with van der Waals surface area (Å²) in [6, 6.07) is 29.3. The van der Waals surface area contributed by atoms with Gasteiger partial charge in [0.25, 0.3) is 0 Å². The first-order valence-corrected chi connectivity index (χ1v) is 16.2. The first-order chi connectivity index (χ1) is 22.8. The van der Waals surface area contributed by atoms with Crippen LogP contribution in [0.2, 0.25) is 0 Å². The number of methoxy groups -OCH3 is 1. The second kappa shape index (κ2) is 15.6. The Bertz CT molecular complexity index is 1360. The van der Waals surface area contributed by atoms with E-state index in [0.29, 0.717) is 0 Å². The van der Waals surface area contributed by atoms with E-state index in [1.807, 2.05) is 112 Å². The largest absolute Gasteiger partial charge is 0.368 e. The Labute approximate surface area is 276 Å². The molecule has 3 aromatic carbocycles. The summed E-state index contributed by atoms with van der Waals surface area (Å²) in [6.07, 6.45) is -7.31. The predicted molar refractivity (Wildman–Crippen MR) is 170 cm³/mol. The third-order valence-corrected chi connectivity index (χ3v) is 8.69. The highest BCUT2D eigenvalue weighted by atomic mass is 19.1. The molecule has 10 atom stereocenters. The maximum atomic E-state index is 15.0. The number of benzene rings is 3. The van der Waals surface area contributed by atoms with Gasteiger partial charge in [0.15, 0.2) is 18.4 Å². The quantitative estimate of drug-likeness (QED) is 0.230. The van der Waals surface area contributed by atoms with Crippen LogP contribution >= 0.6 is 0 Å². The molecule has 0 aromatic heterocycles. The zero-order valence-electron chi connectivity index (χ0n) is 27.3. The number of alkyl halides is 1. The van der Waals surface area contributed by atoms with Gasteiger partial charge in [0.05, 0.1) is 25.9 Å². The van der Waals surface area contributed by atoms with E-state index in [1.54, 1.807) is 7.11 Å². The lowest BCUT2D eigenvalue weighted by molar-refractivity contribution is -0.357. The van der Waals surface area contributed by atoms with Crippen molar-refractivity contribution in [1.82, 2.24) is 0 Å². The van der Waals surface area contributed by atoms with E-state index in [9.17, 15) is 4.39 Å². The van der Waals surface area contributed by atoms with Crippen molar-refractivity contribution in [2.24, 2.45) is 0 Å². The van der Waals surface area contributed by atoms with Gasteiger partial charge in [-0.2, -0.15) is 0 Å². The lowest BCUT2D eigenvalue weighted by Gasteiger charge is -2.48. The zero-order valence-corrected chi connectivity index (χ0v) is 27.3. The van der Waals surface area contributed by atoms with E-state index in [-0.39, 0.29) is 19.8 Å². The zero-order chi connectivity index (χ0) is 32.8. The van der Waals surface area contributed by atoms with Crippen molar-refractivity contribution >= 4 is 0 Å². The molecule has 254 valence electrons. The molecule has 0 unspecified atom stereocenters. The van der Waals surface area contributed by atoms with Crippen LogP contribution in [0.3, 0.4) is 0 Å². The van der Waals surface area contributed by atoms with Crippen LogP contribution in [0.5, 0.6) is 0 Å². The van der Waals surface area contributed by atoms with Gasteiger partial charge in [-0.05, 0) is 37.5 Å². The van der Waals surface area contributed by atoms with Crippen molar-refractivity contribution in [2.75, 3.05) is 13.8 Å². The molecule has 0 N–H and O–H groups in total. The average molecular weight is 653 g/mol. The number of ether oxygens (including phenoxy) is 9. The highest BCUT2D eigenvalue weighted by Gasteiger charge is 2.57. The topological polar surface area (TPSA) is 83.1 Å². The normalized spacial score (nSPS) is 33.4. The Morgan fingerprint density at radius 1 is 0.617 bits per heavy atom. The summed E-state index contributed by atoms with van der Waals surface area (Å²) >= 11 is 0. The van der Waals surface area contributed by atoms with Crippen LogP contribution in [0.25, 0.3) is 0 Å². The summed E-state index contributed by atoms with van der Waals surface area (Å²) in [4.78, 5) is 0. The standard InChI is InChI=1S/C37H45FO9/c1-24-29(32-34(35(39-4)43-24)47-37(2,3)46-32)45-36-33(42-23-27-18-12-7-13-19-27)31(41-22-26-16-10-6-11-17-26)30(28(20-38)44-36)40-21-25-14-8-5-9-15-25/h5-19,24,28-36H,20-23H2,1-4H3/t24-,28+,29-,30+,31-,32+,33-,34+,35+,36+/m0/s1. The van der Waals surface area contributed by atoms with E-state index >= 15 is 0 Å². The first kappa shape index (κ1) is 34.1. The van der Waals surface area contributed by atoms with Crippen molar-refractivity contribution in [3.63, 3.8) is 0 Å². The van der Waals surface area contributed by atoms with Gasteiger partial charge in [-0.25, -0.2) is 4.39 Å². The molecule has 3 fully saturated rings. The first-order valence-electron chi connectivity index (χ1n) is 16.2. The molecule has 0 radical (unpaired) electrons. The van der Waals surface area contributed by atoms with Crippen LogP contribution in [0, 0.1) is 0 Å². The van der Waals surface area contributed by atoms with Crippen molar-refractivity contribution in [2.45, 2.75) is 108 Å². The molecule has 47 heavy (non-hydrogen) atoms. The molecule has 3 heterocycles. The van der Waals surface area contributed by atoms with E-state index in [2.05, 4.69) is 0 Å². The molecule has 0 amide bonds. The fourth-order valence-electron chi connectivity index (χ4n) is 6.43. The number of hydrogen-bond acceptors (Lipinski definition) is 9. The van der Waals surface area contributed by atoms with Gasteiger partial charge in [0.2, 0.25) is 0 Å². The molecular formula is C37H45FO9. The van der Waals surface area contributed by atoms with E-state index in [4.69, 9.17) is 42.6 Å². The molecule has 3 aromatic rings. The van der Waals surface area contributed by atoms with Crippen LogP contribution in [0.1, 0.15) is 37.5 Å². The van der Waals surface area contributed by atoms with Crippen molar-refractivity contribution in [3.05, 3.63) is 108 Å². The van der Waals surface area contributed by atoms with Crippen LogP contribution < -0.4 is 0 Å². The van der Waals surface area contributed by atoms with Gasteiger partial charge < -0.3 is 42.6 Å². The minimum Gasteiger partial charge on any atom is -0.368 e. The second-order valence-corrected chi connectivity index (χ2v) is 12.6. The monoisotopic (exact) mass is 652 g/mol. The molecule has 3 saturated heterocycles. The maximum absolute atomic E-state index is 15.0. The fraction of sp³-hybridized carbons (Fsp3) is 0.514. The van der Waals surface area contributed by atoms with Crippen LogP contribution in [0.15, 0.2) is 91.0 Å². The van der Waals surface area contributed by atoms with E-state index < -0.39 is 73.9 Å². The smallest absolute Gasteiger partial charge is 0.187 e. The highest BCUT2D eigenvalue weighted by molar-refractivity contribution is 5.16. The van der Waals surface area contributed by atoms with Crippen LogP contribution in [0.4, 0.5) is 4.39 Å². The molecular weight excluding hydrogens is 607 g/mol. The summed E-state index contributed by atoms with van der Waals surface area (Å²) < 4.78 is 72.1. The minimum absolute atomic E-state index is 0.239. The number of halogens is 1. The third kappa shape index (κ3) is 8.28. The lowest BCUT2D eigenvalue weighted by atomic mass is 9.96. The van der Waals surface area contributed by atoms with Gasteiger partial charge >= 0.3 is 0 Å². The number of fused-ring (bicyclic) bond motifs is 1. The lowest BCUT2D eigenvalue weighted by Crippen LogP contribution is -2.64. The predicted octanol–water partition coefficient (Wildman–Crippen LogP) is 5.73.